The van der Waals surface area contributed by atoms with Crippen molar-refractivity contribution in [1.29, 1.82) is 0 Å². The zero-order valence-electron chi connectivity index (χ0n) is 14.6. The Balaban J connectivity index is 1.68. The molecule has 0 saturated carbocycles. The molecule has 5 nitrogen and oxygen atoms in total. The van der Waals surface area contributed by atoms with Gasteiger partial charge in [0.15, 0.2) is 5.76 Å². The highest BCUT2D eigenvalue weighted by atomic mass is 16.5. The Labute approximate surface area is 143 Å². The smallest absolute Gasteiger partial charge is 0.287 e. The van der Waals surface area contributed by atoms with E-state index in [0.29, 0.717) is 32.1 Å². The average molecular weight is 330 g/mol. The van der Waals surface area contributed by atoms with Crippen LogP contribution in [-0.4, -0.2) is 38.1 Å². The van der Waals surface area contributed by atoms with Crippen molar-refractivity contribution in [3.05, 3.63) is 59.5 Å². The van der Waals surface area contributed by atoms with Crippen LogP contribution < -0.4 is 5.32 Å². The molecule has 1 aromatic heterocycles. The highest BCUT2D eigenvalue weighted by Crippen LogP contribution is 2.09. The van der Waals surface area contributed by atoms with Gasteiger partial charge in [0, 0.05) is 6.54 Å². The summed E-state index contributed by atoms with van der Waals surface area (Å²) in [5.74, 6) is 1.18. The Morgan fingerprint density at radius 1 is 1.21 bits per heavy atom. The quantitative estimate of drug-likeness (QED) is 0.768. The second-order valence-corrected chi connectivity index (χ2v) is 6.32. The van der Waals surface area contributed by atoms with Gasteiger partial charge in [-0.1, -0.05) is 37.3 Å². The standard InChI is InChI=1S/C19H26N2O3/c1-15(13-23-14-16-7-5-4-6-8-16)11-20-19(22)18-10-9-17(24-18)12-21(2)3/h4-10,15H,11-14H2,1-3H3,(H,20,22). The van der Waals surface area contributed by atoms with Crippen LogP contribution >= 0.6 is 0 Å². The number of rotatable bonds is 9. The van der Waals surface area contributed by atoms with Crippen LogP contribution in [0.5, 0.6) is 0 Å². The summed E-state index contributed by atoms with van der Waals surface area (Å²) >= 11 is 0. The van der Waals surface area contributed by atoms with E-state index in [0.717, 1.165) is 11.3 Å². The molecule has 5 heteroatoms. The first-order valence-electron chi connectivity index (χ1n) is 8.18. The van der Waals surface area contributed by atoms with Crippen molar-refractivity contribution in [2.24, 2.45) is 5.92 Å². The first-order valence-corrected chi connectivity index (χ1v) is 8.18. The van der Waals surface area contributed by atoms with Gasteiger partial charge in [-0.15, -0.1) is 0 Å². The Hall–Kier alpha value is -2.11. The third kappa shape index (κ3) is 6.18. The second kappa shape index (κ2) is 9.25. The molecule has 1 heterocycles. The number of carbonyl (C=O) groups is 1. The molecule has 0 radical (unpaired) electrons. The number of hydrogen-bond acceptors (Lipinski definition) is 4. The van der Waals surface area contributed by atoms with Crippen LogP contribution in [0.2, 0.25) is 0 Å². The number of nitrogens with zero attached hydrogens (tertiary/aromatic N) is 1. The molecule has 1 aromatic carbocycles. The Kier molecular flexibility index (Phi) is 7.03. The summed E-state index contributed by atoms with van der Waals surface area (Å²) in [4.78, 5) is 14.1. The largest absolute Gasteiger partial charge is 0.455 e. The second-order valence-electron chi connectivity index (χ2n) is 6.32. The maximum atomic E-state index is 12.1. The predicted octanol–water partition coefficient (Wildman–Crippen LogP) is 2.92. The van der Waals surface area contributed by atoms with Crippen molar-refractivity contribution in [1.82, 2.24) is 10.2 Å². The molecule has 0 aliphatic carbocycles. The fraction of sp³-hybridized carbons (Fsp3) is 0.421. The minimum Gasteiger partial charge on any atom is -0.455 e. The molecule has 1 amide bonds. The van der Waals surface area contributed by atoms with Crippen molar-refractivity contribution in [2.75, 3.05) is 27.2 Å². The predicted molar refractivity (Wildman–Crippen MR) is 93.7 cm³/mol. The summed E-state index contributed by atoms with van der Waals surface area (Å²) in [6, 6.07) is 13.6. The van der Waals surface area contributed by atoms with Crippen molar-refractivity contribution >= 4 is 5.91 Å². The Bertz CT molecular complexity index is 623. The van der Waals surface area contributed by atoms with Crippen LogP contribution in [0, 0.1) is 5.92 Å². The van der Waals surface area contributed by atoms with Gasteiger partial charge in [-0.05, 0) is 37.7 Å². The van der Waals surface area contributed by atoms with Gasteiger partial charge in [0.1, 0.15) is 5.76 Å². The van der Waals surface area contributed by atoms with E-state index in [1.807, 2.05) is 62.3 Å². The number of ether oxygens (including phenoxy) is 1. The van der Waals surface area contributed by atoms with Crippen molar-refractivity contribution in [2.45, 2.75) is 20.1 Å². The minimum absolute atomic E-state index is 0.185. The lowest BCUT2D eigenvalue weighted by molar-refractivity contribution is 0.0827. The highest BCUT2D eigenvalue weighted by Gasteiger charge is 2.12. The van der Waals surface area contributed by atoms with Crippen LogP contribution in [0.1, 0.15) is 28.8 Å². The van der Waals surface area contributed by atoms with Gasteiger partial charge >= 0.3 is 0 Å². The lowest BCUT2D eigenvalue weighted by atomic mass is 10.2. The number of benzene rings is 1. The molecule has 0 fully saturated rings. The number of nitrogens with one attached hydrogen (secondary N) is 1. The number of furan rings is 1. The van der Waals surface area contributed by atoms with Crippen molar-refractivity contribution in [3.63, 3.8) is 0 Å². The van der Waals surface area contributed by atoms with Crippen LogP contribution in [-0.2, 0) is 17.9 Å². The van der Waals surface area contributed by atoms with E-state index in [4.69, 9.17) is 9.15 Å². The Morgan fingerprint density at radius 2 is 1.96 bits per heavy atom. The van der Waals surface area contributed by atoms with Crippen LogP contribution in [0.25, 0.3) is 0 Å². The molecule has 24 heavy (non-hydrogen) atoms. The zero-order valence-corrected chi connectivity index (χ0v) is 14.6. The number of hydrogen-bond donors (Lipinski definition) is 1. The van der Waals surface area contributed by atoms with E-state index in [2.05, 4.69) is 5.32 Å². The number of amides is 1. The van der Waals surface area contributed by atoms with Gasteiger partial charge < -0.3 is 19.4 Å². The van der Waals surface area contributed by atoms with Crippen molar-refractivity contribution < 1.29 is 13.9 Å². The van der Waals surface area contributed by atoms with Crippen LogP contribution in [0.15, 0.2) is 46.9 Å². The molecule has 0 aliphatic heterocycles. The molecule has 0 aliphatic rings. The molecular weight excluding hydrogens is 304 g/mol. The lowest BCUT2D eigenvalue weighted by Gasteiger charge is -2.12. The van der Waals surface area contributed by atoms with E-state index in [-0.39, 0.29) is 11.8 Å². The van der Waals surface area contributed by atoms with Gasteiger partial charge in [0.25, 0.3) is 5.91 Å². The van der Waals surface area contributed by atoms with Gasteiger partial charge in [0.2, 0.25) is 0 Å². The van der Waals surface area contributed by atoms with E-state index >= 15 is 0 Å². The molecule has 1 atom stereocenters. The summed E-state index contributed by atoms with van der Waals surface area (Å²) in [5, 5.41) is 2.89. The average Bonchev–Trinajstić information content (AvgIpc) is 3.01. The van der Waals surface area contributed by atoms with E-state index in [1.165, 1.54) is 0 Å². The van der Waals surface area contributed by atoms with Crippen molar-refractivity contribution in [3.8, 4) is 0 Å². The lowest BCUT2D eigenvalue weighted by Crippen LogP contribution is -2.29. The fourth-order valence-electron chi connectivity index (χ4n) is 2.26. The maximum Gasteiger partial charge on any atom is 0.287 e. The van der Waals surface area contributed by atoms with Gasteiger partial charge in [-0.25, -0.2) is 0 Å². The molecule has 0 spiro atoms. The summed E-state index contributed by atoms with van der Waals surface area (Å²) in [7, 11) is 3.92. The first kappa shape index (κ1) is 18.2. The molecule has 0 bridgehead atoms. The maximum absolute atomic E-state index is 12.1. The molecule has 2 aromatic rings. The summed E-state index contributed by atoms with van der Waals surface area (Å²) in [5.41, 5.74) is 1.15. The molecular formula is C19H26N2O3. The van der Waals surface area contributed by atoms with Gasteiger partial charge in [-0.2, -0.15) is 0 Å². The topological polar surface area (TPSA) is 54.7 Å². The summed E-state index contributed by atoms with van der Waals surface area (Å²) in [6.07, 6.45) is 0. The fourth-order valence-corrected chi connectivity index (χ4v) is 2.26. The SMILES string of the molecule is CC(CNC(=O)c1ccc(CN(C)C)o1)COCc1ccccc1. The summed E-state index contributed by atoms with van der Waals surface area (Å²) < 4.78 is 11.2. The van der Waals surface area contributed by atoms with Crippen LogP contribution in [0.3, 0.4) is 0 Å². The molecule has 1 unspecified atom stereocenters. The first-order chi connectivity index (χ1) is 11.5. The molecule has 0 saturated heterocycles. The zero-order chi connectivity index (χ0) is 17.4. The third-order valence-corrected chi connectivity index (χ3v) is 3.48. The molecule has 130 valence electrons. The van der Waals surface area contributed by atoms with Gasteiger partial charge in [0.05, 0.1) is 19.8 Å². The van der Waals surface area contributed by atoms with E-state index < -0.39 is 0 Å². The summed E-state index contributed by atoms with van der Waals surface area (Å²) in [6.45, 7) is 4.46. The van der Waals surface area contributed by atoms with Crippen LogP contribution in [0.4, 0.5) is 0 Å². The monoisotopic (exact) mass is 330 g/mol. The normalized spacial score (nSPS) is 12.3. The van der Waals surface area contributed by atoms with E-state index in [9.17, 15) is 4.79 Å². The number of carbonyl (C=O) groups excluding carboxylic acids is 1. The molecule has 2 rings (SSSR count). The van der Waals surface area contributed by atoms with Gasteiger partial charge in [-0.3, -0.25) is 4.79 Å². The Morgan fingerprint density at radius 3 is 2.67 bits per heavy atom. The molecule has 1 N–H and O–H groups in total. The minimum atomic E-state index is -0.185. The third-order valence-electron chi connectivity index (χ3n) is 3.48. The van der Waals surface area contributed by atoms with E-state index in [1.54, 1.807) is 6.07 Å². The highest BCUT2D eigenvalue weighted by molar-refractivity contribution is 5.91.